The Labute approximate surface area is 280 Å². The molecule has 0 aliphatic rings. The maximum Gasteiger partial charge on any atom is 0.417 e. The van der Waals surface area contributed by atoms with Crippen LogP contribution >= 0.6 is 11.6 Å². The standard InChI is InChI=1S/C33H30ClF7N4O4/c1-6-25(33(39,40)41)45(4)18-14-22(34)27(23(35)15-18)29(46)43-24(31(48)49-5)13-17-9-10-20(28-19(17)8-7-11-42-28)26-21(32(36,37)38)12-16(2)44(3)30(26)47/h7-12,14-15,24-25H,6,13H2,1-5H3,(H,43,46)/t24-,25+/m0/s1. The van der Waals surface area contributed by atoms with Gasteiger partial charge in [0.25, 0.3) is 11.5 Å². The second-order valence-electron chi connectivity index (χ2n) is 11.2. The van der Waals surface area contributed by atoms with Gasteiger partial charge in [-0.25, -0.2) is 9.18 Å². The summed E-state index contributed by atoms with van der Waals surface area (Å²) in [5.74, 6) is -3.43. The van der Waals surface area contributed by atoms with Crippen molar-refractivity contribution in [2.24, 2.45) is 7.05 Å². The van der Waals surface area contributed by atoms with Crippen molar-refractivity contribution in [2.45, 2.75) is 51.1 Å². The fraction of sp³-hybridized carbons (Fsp3) is 0.333. The summed E-state index contributed by atoms with van der Waals surface area (Å²) in [4.78, 5) is 44.3. The van der Waals surface area contributed by atoms with Gasteiger partial charge in [0.1, 0.15) is 17.9 Å². The molecule has 49 heavy (non-hydrogen) atoms. The predicted octanol–water partition coefficient (Wildman–Crippen LogP) is 7.01. The van der Waals surface area contributed by atoms with Crippen molar-refractivity contribution in [3.63, 3.8) is 0 Å². The van der Waals surface area contributed by atoms with Crippen LogP contribution in [-0.4, -0.2) is 53.8 Å². The number of nitrogens with zero attached hydrogens (tertiary/aromatic N) is 3. The maximum atomic E-state index is 15.3. The average Bonchev–Trinajstić information content (AvgIpc) is 3.02. The Morgan fingerprint density at radius 2 is 1.78 bits per heavy atom. The molecule has 0 aliphatic carbocycles. The number of benzene rings is 2. The first-order valence-electron chi connectivity index (χ1n) is 14.6. The predicted molar refractivity (Wildman–Crippen MR) is 169 cm³/mol. The van der Waals surface area contributed by atoms with Crippen LogP contribution in [0.15, 0.2) is 53.5 Å². The molecule has 16 heteroatoms. The van der Waals surface area contributed by atoms with Gasteiger partial charge in [-0.05, 0) is 43.2 Å². The number of esters is 1. The van der Waals surface area contributed by atoms with Gasteiger partial charge in [0.15, 0.2) is 0 Å². The first-order chi connectivity index (χ1) is 22.8. The minimum absolute atomic E-state index is 0.000525. The number of carbonyl (C=O) groups excluding carboxylic acids is 2. The third-order valence-corrected chi connectivity index (χ3v) is 8.51. The van der Waals surface area contributed by atoms with Gasteiger partial charge in [0.2, 0.25) is 0 Å². The highest BCUT2D eigenvalue weighted by Crippen LogP contribution is 2.39. The summed E-state index contributed by atoms with van der Waals surface area (Å²) in [6, 6.07) is 4.69. The molecule has 2 atom stereocenters. The number of aryl methyl sites for hydroxylation is 1. The Hall–Kier alpha value is -4.66. The Kier molecular flexibility index (Phi) is 10.7. The van der Waals surface area contributed by atoms with Gasteiger partial charge in [-0.1, -0.05) is 36.7 Å². The quantitative estimate of drug-likeness (QED) is 0.148. The molecule has 0 saturated carbocycles. The van der Waals surface area contributed by atoms with Crippen molar-refractivity contribution < 1.29 is 45.1 Å². The molecule has 4 aromatic rings. The van der Waals surface area contributed by atoms with Crippen molar-refractivity contribution in [2.75, 3.05) is 19.1 Å². The van der Waals surface area contributed by atoms with Gasteiger partial charge in [0, 0.05) is 49.0 Å². The number of alkyl halides is 6. The van der Waals surface area contributed by atoms with Crippen molar-refractivity contribution in [1.82, 2.24) is 14.9 Å². The number of rotatable bonds is 9. The van der Waals surface area contributed by atoms with Crippen LogP contribution in [0.3, 0.4) is 0 Å². The van der Waals surface area contributed by atoms with Crippen LogP contribution in [0.5, 0.6) is 0 Å². The molecule has 0 aliphatic heterocycles. The molecule has 262 valence electrons. The van der Waals surface area contributed by atoms with E-state index in [9.17, 15) is 40.7 Å². The number of pyridine rings is 2. The van der Waals surface area contributed by atoms with Crippen LogP contribution in [0, 0.1) is 12.7 Å². The van der Waals surface area contributed by atoms with Crippen LogP contribution in [-0.2, 0) is 29.2 Å². The van der Waals surface area contributed by atoms with E-state index in [1.165, 1.54) is 51.4 Å². The van der Waals surface area contributed by atoms with Crippen molar-refractivity contribution in [3.8, 4) is 11.1 Å². The number of amides is 1. The van der Waals surface area contributed by atoms with Gasteiger partial charge in [0.05, 0.1) is 34.3 Å². The normalized spacial score (nSPS) is 13.2. The third-order valence-electron chi connectivity index (χ3n) is 8.21. The van der Waals surface area contributed by atoms with E-state index in [0.29, 0.717) is 11.6 Å². The lowest BCUT2D eigenvalue weighted by Gasteiger charge is -2.31. The summed E-state index contributed by atoms with van der Waals surface area (Å²) < 4.78 is 104. The third kappa shape index (κ3) is 7.51. The van der Waals surface area contributed by atoms with E-state index in [1.807, 2.05) is 0 Å². The molecule has 0 fully saturated rings. The zero-order chi connectivity index (χ0) is 36.6. The Morgan fingerprint density at radius 1 is 1.10 bits per heavy atom. The number of ether oxygens (including phenoxy) is 1. The lowest BCUT2D eigenvalue weighted by atomic mass is 9.93. The summed E-state index contributed by atoms with van der Waals surface area (Å²) in [5.41, 5.74) is -3.45. The molecular formula is C33H30ClF7N4O4. The molecule has 1 N–H and O–H groups in total. The van der Waals surface area contributed by atoms with E-state index < -0.39 is 69.4 Å². The van der Waals surface area contributed by atoms with Gasteiger partial charge >= 0.3 is 18.3 Å². The SMILES string of the molecule is CC[C@@H](N(C)c1cc(F)c(C(=O)N[C@@H](Cc2ccc(-c3c(C(F)(F)F)cc(C)n(C)c3=O)c3ncccc23)C(=O)OC)c(Cl)c1)C(F)(F)F. The maximum absolute atomic E-state index is 15.3. The average molecular weight is 715 g/mol. The zero-order valence-electron chi connectivity index (χ0n) is 26.7. The number of fused-ring (bicyclic) bond motifs is 1. The minimum atomic E-state index is -4.88. The molecular weight excluding hydrogens is 685 g/mol. The first kappa shape index (κ1) is 37.2. The van der Waals surface area contributed by atoms with Crippen LogP contribution in [0.2, 0.25) is 5.02 Å². The number of anilines is 1. The molecule has 2 aromatic heterocycles. The number of nitrogens with one attached hydrogen (secondary N) is 1. The summed E-state index contributed by atoms with van der Waals surface area (Å²) in [6.07, 6.45) is -8.89. The molecule has 4 rings (SSSR count). The van der Waals surface area contributed by atoms with Crippen molar-refractivity contribution in [3.05, 3.63) is 92.2 Å². The molecule has 2 aromatic carbocycles. The zero-order valence-corrected chi connectivity index (χ0v) is 27.4. The van der Waals surface area contributed by atoms with Crippen LogP contribution < -0.4 is 15.8 Å². The number of carbonyl (C=O) groups is 2. The Morgan fingerprint density at radius 3 is 2.35 bits per heavy atom. The van der Waals surface area contributed by atoms with Gasteiger partial charge < -0.3 is 19.5 Å². The fourth-order valence-corrected chi connectivity index (χ4v) is 5.88. The van der Waals surface area contributed by atoms with E-state index in [1.54, 1.807) is 0 Å². The lowest BCUT2D eigenvalue weighted by Crippen LogP contribution is -2.44. The second kappa shape index (κ2) is 14.1. The number of hydrogen-bond acceptors (Lipinski definition) is 6. The molecule has 0 saturated heterocycles. The number of aromatic nitrogens is 2. The fourth-order valence-electron chi connectivity index (χ4n) is 5.59. The van der Waals surface area contributed by atoms with Gasteiger partial charge in [-0.15, -0.1) is 0 Å². The molecule has 1 amide bonds. The van der Waals surface area contributed by atoms with E-state index >= 15 is 4.39 Å². The number of hydrogen-bond donors (Lipinski definition) is 1. The Balaban J connectivity index is 1.74. The van der Waals surface area contributed by atoms with E-state index in [2.05, 4.69) is 10.3 Å². The molecule has 0 unspecified atom stereocenters. The first-order valence-corrected chi connectivity index (χ1v) is 15.0. The summed E-state index contributed by atoms with van der Waals surface area (Å²) >= 11 is 6.18. The molecule has 8 nitrogen and oxygen atoms in total. The molecule has 2 heterocycles. The molecule has 0 bridgehead atoms. The topological polar surface area (TPSA) is 93.5 Å². The Bertz CT molecular complexity index is 1950. The monoisotopic (exact) mass is 714 g/mol. The molecule has 0 spiro atoms. The second-order valence-corrected chi connectivity index (χ2v) is 11.6. The molecule has 0 radical (unpaired) electrons. The van der Waals surface area contributed by atoms with Crippen molar-refractivity contribution >= 4 is 40.1 Å². The summed E-state index contributed by atoms with van der Waals surface area (Å²) in [6.45, 7) is 2.67. The minimum Gasteiger partial charge on any atom is -0.467 e. The van der Waals surface area contributed by atoms with Crippen LogP contribution in [0.1, 0.15) is 40.5 Å². The van der Waals surface area contributed by atoms with Crippen molar-refractivity contribution in [1.29, 1.82) is 0 Å². The van der Waals surface area contributed by atoms with Crippen LogP contribution in [0.4, 0.5) is 36.4 Å². The highest BCUT2D eigenvalue weighted by Gasteiger charge is 2.42. The van der Waals surface area contributed by atoms with E-state index in [4.69, 9.17) is 16.3 Å². The van der Waals surface area contributed by atoms with Gasteiger partial charge in [-0.2, -0.15) is 26.3 Å². The van der Waals surface area contributed by atoms with Gasteiger partial charge in [-0.3, -0.25) is 14.6 Å². The van der Waals surface area contributed by atoms with E-state index in [-0.39, 0.29) is 40.7 Å². The largest absolute Gasteiger partial charge is 0.467 e. The van der Waals surface area contributed by atoms with Crippen LogP contribution in [0.25, 0.3) is 22.0 Å². The summed E-state index contributed by atoms with van der Waals surface area (Å²) in [5, 5.41) is 2.04. The smallest absolute Gasteiger partial charge is 0.417 e. The van der Waals surface area contributed by atoms with E-state index in [0.717, 1.165) is 35.8 Å². The summed E-state index contributed by atoms with van der Waals surface area (Å²) in [7, 11) is 3.46. The number of methoxy groups -OCH3 is 1. The highest BCUT2D eigenvalue weighted by atomic mass is 35.5. The number of halogens is 8. The highest BCUT2D eigenvalue weighted by molar-refractivity contribution is 6.34. The lowest BCUT2D eigenvalue weighted by molar-refractivity contribution is -0.148.